The standard InChI is InChI=1S/C62H45N/c1-61(2)56-24-14-12-22-53(56)54-38-36-51(41-59(54)61)63(49-32-26-43(27-33-49)42-16-6-3-7-17-42)50-34-28-44(29-35-50)45-30-37-52-46(40-45)31-39-58-60(52)55-23-13-15-25-57(55)62(58,47-18-8-4-9-19-47)48-20-10-5-11-21-48/h3-41H,1-2H3. The van der Waals surface area contributed by atoms with Crippen LogP contribution in [0, 0.1) is 0 Å². The molecule has 0 amide bonds. The molecule has 0 aliphatic heterocycles. The molecular weight excluding hydrogens is 759 g/mol. The molecule has 0 N–H and O–H groups in total. The van der Waals surface area contributed by atoms with Crippen molar-refractivity contribution in [2.45, 2.75) is 24.7 Å². The summed E-state index contributed by atoms with van der Waals surface area (Å²) in [7, 11) is 0. The third kappa shape index (κ3) is 5.70. The van der Waals surface area contributed by atoms with Crippen LogP contribution in [-0.4, -0.2) is 0 Å². The molecule has 0 unspecified atom stereocenters. The van der Waals surface area contributed by atoms with E-state index in [1.807, 2.05) is 0 Å². The van der Waals surface area contributed by atoms with Gasteiger partial charge in [-0.1, -0.05) is 208 Å². The second-order valence-corrected chi connectivity index (χ2v) is 17.6. The Bertz CT molecular complexity index is 3290. The van der Waals surface area contributed by atoms with Gasteiger partial charge in [-0.25, -0.2) is 0 Å². The Labute approximate surface area is 370 Å². The fraction of sp³-hybridized carbons (Fsp3) is 0.0645. The minimum Gasteiger partial charge on any atom is -0.310 e. The molecule has 0 bridgehead atoms. The number of hydrogen-bond acceptors (Lipinski definition) is 1. The molecule has 0 atom stereocenters. The van der Waals surface area contributed by atoms with Gasteiger partial charge >= 0.3 is 0 Å². The predicted octanol–water partition coefficient (Wildman–Crippen LogP) is 16.3. The van der Waals surface area contributed by atoms with Gasteiger partial charge in [-0.3, -0.25) is 0 Å². The SMILES string of the molecule is CC1(C)c2ccccc2-c2ccc(N(c3ccc(-c4ccccc4)cc3)c3ccc(-c4ccc5c6c(ccc5c4)C(c4ccccc4)(c4ccccc4)c4ccccc4-6)cc3)cc21. The first-order valence-electron chi connectivity index (χ1n) is 22.1. The first-order valence-corrected chi connectivity index (χ1v) is 22.1. The lowest BCUT2D eigenvalue weighted by molar-refractivity contribution is 0.660. The molecule has 0 radical (unpaired) electrons. The lowest BCUT2D eigenvalue weighted by Gasteiger charge is -2.33. The Morgan fingerprint density at radius 1 is 0.317 bits per heavy atom. The highest BCUT2D eigenvalue weighted by Crippen LogP contribution is 2.58. The number of anilines is 3. The first-order chi connectivity index (χ1) is 31.0. The molecule has 0 saturated carbocycles. The normalized spacial score (nSPS) is 13.8. The summed E-state index contributed by atoms with van der Waals surface area (Å²) in [6, 6.07) is 87.6. The lowest BCUT2D eigenvalue weighted by Crippen LogP contribution is -2.28. The Balaban J connectivity index is 0.952. The van der Waals surface area contributed by atoms with Gasteiger partial charge < -0.3 is 4.90 Å². The van der Waals surface area contributed by atoms with E-state index in [4.69, 9.17) is 0 Å². The van der Waals surface area contributed by atoms with Crippen LogP contribution < -0.4 is 4.90 Å². The Hall–Kier alpha value is -7.74. The van der Waals surface area contributed by atoms with Gasteiger partial charge in [0.1, 0.15) is 0 Å². The first kappa shape index (κ1) is 37.1. The van der Waals surface area contributed by atoms with Crippen molar-refractivity contribution in [2.75, 3.05) is 4.90 Å². The van der Waals surface area contributed by atoms with Crippen molar-refractivity contribution in [3.05, 3.63) is 270 Å². The van der Waals surface area contributed by atoms with Crippen LogP contribution in [0.4, 0.5) is 17.1 Å². The van der Waals surface area contributed by atoms with Gasteiger partial charge in [0.05, 0.1) is 5.41 Å². The van der Waals surface area contributed by atoms with Crippen molar-refractivity contribution in [3.63, 3.8) is 0 Å². The molecule has 0 saturated heterocycles. The maximum Gasteiger partial charge on any atom is 0.0713 e. The van der Waals surface area contributed by atoms with Gasteiger partial charge in [-0.2, -0.15) is 0 Å². The summed E-state index contributed by atoms with van der Waals surface area (Å²) in [5, 5.41) is 2.52. The average Bonchev–Trinajstić information content (AvgIpc) is 3.78. The van der Waals surface area contributed by atoms with Crippen molar-refractivity contribution >= 4 is 27.8 Å². The summed E-state index contributed by atoms with van der Waals surface area (Å²) in [5.41, 5.74) is 21.0. The van der Waals surface area contributed by atoms with Gasteiger partial charge in [0, 0.05) is 22.5 Å². The number of hydrogen-bond donors (Lipinski definition) is 0. The molecule has 10 aromatic carbocycles. The van der Waals surface area contributed by atoms with Crippen molar-refractivity contribution in [3.8, 4) is 44.5 Å². The fourth-order valence-electron chi connectivity index (χ4n) is 11.0. The minimum atomic E-state index is -0.413. The van der Waals surface area contributed by atoms with Gasteiger partial charge in [0.15, 0.2) is 0 Å². The topological polar surface area (TPSA) is 3.24 Å². The van der Waals surface area contributed by atoms with Crippen LogP contribution in [0.5, 0.6) is 0 Å². The molecule has 12 rings (SSSR count). The van der Waals surface area contributed by atoms with Crippen molar-refractivity contribution < 1.29 is 0 Å². The molecule has 0 aromatic heterocycles. The van der Waals surface area contributed by atoms with Gasteiger partial charge in [-0.05, 0) is 131 Å². The van der Waals surface area contributed by atoms with Gasteiger partial charge in [0.2, 0.25) is 0 Å². The molecule has 10 aromatic rings. The summed E-state index contributed by atoms with van der Waals surface area (Å²) in [5.74, 6) is 0. The van der Waals surface area contributed by atoms with Crippen LogP contribution in [0.25, 0.3) is 55.3 Å². The molecule has 1 nitrogen and oxygen atoms in total. The summed E-state index contributed by atoms with van der Waals surface area (Å²) in [6.45, 7) is 4.71. The molecular formula is C62H45N. The molecule has 0 fully saturated rings. The molecule has 298 valence electrons. The zero-order chi connectivity index (χ0) is 42.1. The second-order valence-electron chi connectivity index (χ2n) is 17.6. The monoisotopic (exact) mass is 803 g/mol. The van der Waals surface area contributed by atoms with Gasteiger partial charge in [-0.15, -0.1) is 0 Å². The van der Waals surface area contributed by atoms with E-state index in [1.165, 1.54) is 88.7 Å². The van der Waals surface area contributed by atoms with Crippen molar-refractivity contribution in [2.24, 2.45) is 0 Å². The molecule has 2 aliphatic carbocycles. The lowest BCUT2D eigenvalue weighted by atomic mass is 9.67. The smallest absolute Gasteiger partial charge is 0.0713 e. The van der Waals surface area contributed by atoms with E-state index >= 15 is 0 Å². The van der Waals surface area contributed by atoms with Crippen LogP contribution >= 0.6 is 0 Å². The summed E-state index contributed by atoms with van der Waals surface area (Å²) >= 11 is 0. The molecule has 2 aliphatic rings. The Kier molecular flexibility index (Phi) is 8.49. The molecule has 63 heavy (non-hydrogen) atoms. The summed E-state index contributed by atoms with van der Waals surface area (Å²) in [6.07, 6.45) is 0. The Morgan fingerprint density at radius 2 is 0.810 bits per heavy atom. The third-order valence-electron chi connectivity index (χ3n) is 14.0. The highest BCUT2D eigenvalue weighted by molar-refractivity contribution is 6.05. The molecule has 1 heteroatoms. The van der Waals surface area contributed by atoms with E-state index in [2.05, 4.69) is 255 Å². The highest BCUT2D eigenvalue weighted by atomic mass is 15.1. The number of benzene rings is 10. The summed E-state index contributed by atoms with van der Waals surface area (Å²) < 4.78 is 0. The van der Waals surface area contributed by atoms with E-state index in [9.17, 15) is 0 Å². The van der Waals surface area contributed by atoms with Crippen LogP contribution in [0.1, 0.15) is 47.2 Å². The van der Waals surface area contributed by atoms with Crippen molar-refractivity contribution in [1.82, 2.24) is 0 Å². The van der Waals surface area contributed by atoms with Crippen LogP contribution in [0.2, 0.25) is 0 Å². The van der Waals surface area contributed by atoms with Crippen molar-refractivity contribution in [1.29, 1.82) is 0 Å². The molecule has 0 spiro atoms. The fourth-order valence-corrected chi connectivity index (χ4v) is 11.0. The number of rotatable bonds is 7. The zero-order valence-electron chi connectivity index (χ0n) is 35.5. The van der Waals surface area contributed by atoms with E-state index < -0.39 is 5.41 Å². The van der Waals surface area contributed by atoms with E-state index in [0.29, 0.717) is 0 Å². The number of nitrogens with zero attached hydrogens (tertiary/aromatic N) is 1. The largest absolute Gasteiger partial charge is 0.310 e. The number of fused-ring (bicyclic) bond motifs is 8. The highest BCUT2D eigenvalue weighted by Gasteiger charge is 2.46. The van der Waals surface area contributed by atoms with E-state index in [-0.39, 0.29) is 5.41 Å². The quantitative estimate of drug-likeness (QED) is 0.155. The van der Waals surface area contributed by atoms with Crippen LogP contribution in [-0.2, 0) is 10.8 Å². The van der Waals surface area contributed by atoms with E-state index in [1.54, 1.807) is 0 Å². The zero-order valence-corrected chi connectivity index (χ0v) is 35.5. The summed E-state index contributed by atoms with van der Waals surface area (Å²) in [4.78, 5) is 2.41. The maximum atomic E-state index is 2.42. The third-order valence-corrected chi connectivity index (χ3v) is 14.0. The van der Waals surface area contributed by atoms with Crippen LogP contribution in [0.15, 0.2) is 237 Å². The predicted molar refractivity (Wildman–Crippen MR) is 264 cm³/mol. The second kappa shape index (κ2) is 14.4. The maximum absolute atomic E-state index is 2.42. The average molecular weight is 804 g/mol. The van der Waals surface area contributed by atoms with E-state index in [0.717, 1.165) is 17.1 Å². The minimum absolute atomic E-state index is 0.0997. The molecule has 0 heterocycles. The van der Waals surface area contributed by atoms with Gasteiger partial charge in [0.25, 0.3) is 0 Å². The van der Waals surface area contributed by atoms with Crippen LogP contribution in [0.3, 0.4) is 0 Å². The Morgan fingerprint density at radius 3 is 1.46 bits per heavy atom.